The van der Waals surface area contributed by atoms with Gasteiger partial charge in [0.1, 0.15) is 0 Å². The minimum atomic E-state index is -0.990. The molecule has 0 atom stereocenters. The molecule has 0 saturated heterocycles. The van der Waals surface area contributed by atoms with Gasteiger partial charge in [-0.25, -0.2) is 9.78 Å². The van der Waals surface area contributed by atoms with Crippen LogP contribution in [0.4, 0.5) is 5.13 Å². The Morgan fingerprint density at radius 2 is 1.90 bits per heavy atom. The summed E-state index contributed by atoms with van der Waals surface area (Å²) in [6.45, 7) is 2.48. The Morgan fingerprint density at radius 3 is 2.52 bits per heavy atom. The predicted octanol–water partition coefficient (Wildman–Crippen LogP) is 3.86. The summed E-state index contributed by atoms with van der Waals surface area (Å²) in [7, 11) is 0. The second-order valence-corrected chi connectivity index (χ2v) is 7.36. The van der Waals surface area contributed by atoms with Crippen LogP contribution in [0.15, 0.2) is 48.5 Å². The zero-order valence-corrected chi connectivity index (χ0v) is 16.4. The lowest BCUT2D eigenvalue weighted by atomic mass is 9.98. The first kappa shape index (κ1) is 18.8. The first-order valence-electron chi connectivity index (χ1n) is 9.04. The van der Waals surface area contributed by atoms with Crippen LogP contribution in [0.1, 0.15) is 27.9 Å². The molecule has 9 heteroatoms. The number of aryl methyl sites for hydroxylation is 1. The van der Waals surface area contributed by atoms with E-state index in [0.717, 1.165) is 27.1 Å². The van der Waals surface area contributed by atoms with Crippen molar-refractivity contribution in [2.24, 2.45) is 0 Å². The fourth-order valence-corrected chi connectivity index (χ4v) is 3.91. The molecule has 29 heavy (non-hydrogen) atoms. The number of carbonyl (C=O) groups is 1. The van der Waals surface area contributed by atoms with Gasteiger partial charge in [-0.15, -0.1) is 21.5 Å². The first-order chi connectivity index (χ1) is 14.2. The number of nitrogens with zero attached hydrogens (tertiary/aromatic N) is 4. The van der Waals surface area contributed by atoms with Crippen LogP contribution in [0, 0.1) is 0 Å². The Balaban J connectivity index is 1.50. The second kappa shape index (κ2) is 8.19. The number of carboxylic acids is 1. The predicted molar refractivity (Wildman–Crippen MR) is 111 cm³/mol. The van der Waals surface area contributed by atoms with Crippen LogP contribution < -0.4 is 5.32 Å². The van der Waals surface area contributed by atoms with Crippen LogP contribution in [0.3, 0.4) is 0 Å². The highest BCUT2D eigenvalue weighted by Gasteiger charge is 2.16. The molecular weight excluding hydrogens is 388 g/mol. The average molecular weight is 406 g/mol. The molecule has 0 bridgehead atoms. The summed E-state index contributed by atoms with van der Waals surface area (Å²) in [5, 5.41) is 27.3. The number of thiazole rings is 1. The van der Waals surface area contributed by atoms with E-state index in [1.165, 1.54) is 11.3 Å². The smallest absolute Gasteiger partial charge is 0.355 e. The van der Waals surface area contributed by atoms with Gasteiger partial charge in [0, 0.05) is 17.0 Å². The summed E-state index contributed by atoms with van der Waals surface area (Å²) >= 11 is 1.38. The summed E-state index contributed by atoms with van der Waals surface area (Å²) in [5.74, 6) is -0.438. The number of hydrogen-bond acceptors (Lipinski definition) is 7. The molecule has 0 unspecified atom stereocenters. The number of nitrogens with one attached hydrogen (secondary N) is 2. The zero-order chi connectivity index (χ0) is 20.2. The van der Waals surface area contributed by atoms with Crippen molar-refractivity contribution < 1.29 is 9.90 Å². The highest BCUT2D eigenvalue weighted by Crippen LogP contribution is 2.30. The van der Waals surface area contributed by atoms with Crippen molar-refractivity contribution in [1.29, 1.82) is 0 Å². The third-order valence-electron chi connectivity index (χ3n) is 4.44. The van der Waals surface area contributed by atoms with Gasteiger partial charge in [-0.2, -0.15) is 5.21 Å². The molecule has 0 saturated carbocycles. The molecular formula is C20H18N6O2S. The standard InChI is InChI=1S/C20H18N6O2S/c1-2-16-17(19(27)28)22-20(29-16)21-11-12-7-9-13(10-8-12)14-5-3-4-6-15(14)18-23-25-26-24-18/h3-10H,2,11H2,1H3,(H,21,22)(H,27,28)(H,23,24,25,26). The number of H-pyrrole nitrogens is 1. The van der Waals surface area contributed by atoms with Crippen LogP contribution in [0.2, 0.25) is 0 Å². The normalized spacial score (nSPS) is 10.8. The van der Waals surface area contributed by atoms with Crippen molar-refractivity contribution in [2.45, 2.75) is 19.9 Å². The van der Waals surface area contributed by atoms with E-state index in [-0.39, 0.29) is 5.69 Å². The van der Waals surface area contributed by atoms with Gasteiger partial charge in [-0.05, 0) is 28.3 Å². The van der Waals surface area contributed by atoms with E-state index < -0.39 is 5.97 Å². The lowest BCUT2D eigenvalue weighted by Crippen LogP contribution is -2.02. The molecule has 4 aromatic rings. The first-order valence-corrected chi connectivity index (χ1v) is 9.86. The number of aromatic carboxylic acids is 1. The second-order valence-electron chi connectivity index (χ2n) is 6.28. The maximum atomic E-state index is 11.3. The third kappa shape index (κ3) is 3.99. The van der Waals surface area contributed by atoms with Gasteiger partial charge in [0.05, 0.1) is 0 Å². The topological polar surface area (TPSA) is 117 Å². The maximum absolute atomic E-state index is 11.3. The van der Waals surface area contributed by atoms with Crippen LogP contribution >= 0.6 is 11.3 Å². The number of tetrazole rings is 1. The Labute approximate surface area is 170 Å². The number of benzene rings is 2. The Hall–Kier alpha value is -3.59. The quantitative estimate of drug-likeness (QED) is 0.426. The molecule has 0 aliphatic heterocycles. The van der Waals surface area contributed by atoms with E-state index in [4.69, 9.17) is 0 Å². The van der Waals surface area contributed by atoms with E-state index >= 15 is 0 Å². The molecule has 0 amide bonds. The third-order valence-corrected chi connectivity index (χ3v) is 5.60. The number of hydrogen-bond donors (Lipinski definition) is 3. The number of aromatic amines is 1. The van der Waals surface area contributed by atoms with Crippen molar-refractivity contribution in [3.8, 4) is 22.5 Å². The van der Waals surface area contributed by atoms with Gasteiger partial charge in [-0.1, -0.05) is 55.5 Å². The maximum Gasteiger partial charge on any atom is 0.355 e. The lowest BCUT2D eigenvalue weighted by Gasteiger charge is -2.08. The molecule has 0 aliphatic carbocycles. The van der Waals surface area contributed by atoms with Gasteiger partial charge in [-0.3, -0.25) is 0 Å². The van der Waals surface area contributed by atoms with Crippen molar-refractivity contribution in [2.75, 3.05) is 5.32 Å². The van der Waals surface area contributed by atoms with E-state index in [9.17, 15) is 9.90 Å². The molecule has 3 N–H and O–H groups in total. The van der Waals surface area contributed by atoms with Gasteiger partial charge >= 0.3 is 5.97 Å². The van der Waals surface area contributed by atoms with Gasteiger partial charge in [0.2, 0.25) is 5.82 Å². The van der Waals surface area contributed by atoms with E-state index in [0.29, 0.717) is 23.9 Å². The zero-order valence-electron chi connectivity index (χ0n) is 15.6. The lowest BCUT2D eigenvalue weighted by molar-refractivity contribution is 0.0690. The fraction of sp³-hybridized carbons (Fsp3) is 0.150. The molecule has 0 spiro atoms. The van der Waals surface area contributed by atoms with E-state index in [1.54, 1.807) is 0 Å². The molecule has 2 heterocycles. The van der Waals surface area contributed by atoms with Crippen LogP contribution in [0.25, 0.3) is 22.5 Å². The monoisotopic (exact) mass is 406 g/mol. The summed E-state index contributed by atoms with van der Waals surface area (Å²) in [6, 6.07) is 16.0. The van der Waals surface area contributed by atoms with Crippen LogP contribution in [-0.2, 0) is 13.0 Å². The van der Waals surface area contributed by atoms with Gasteiger partial charge < -0.3 is 10.4 Å². The molecule has 0 aliphatic rings. The number of aromatic nitrogens is 5. The van der Waals surface area contributed by atoms with Crippen molar-refractivity contribution >= 4 is 22.4 Å². The fourth-order valence-electron chi connectivity index (χ4n) is 3.02. The van der Waals surface area contributed by atoms with E-state index in [2.05, 4.69) is 30.9 Å². The molecule has 0 fully saturated rings. The van der Waals surface area contributed by atoms with Crippen LogP contribution in [-0.4, -0.2) is 36.7 Å². The minimum Gasteiger partial charge on any atom is -0.476 e. The molecule has 2 aromatic carbocycles. The minimum absolute atomic E-state index is 0.133. The highest BCUT2D eigenvalue weighted by molar-refractivity contribution is 7.15. The van der Waals surface area contributed by atoms with E-state index in [1.807, 2.05) is 55.5 Å². The average Bonchev–Trinajstić information content (AvgIpc) is 3.42. The van der Waals surface area contributed by atoms with Gasteiger partial charge in [0.25, 0.3) is 0 Å². The summed E-state index contributed by atoms with van der Waals surface area (Å²) in [4.78, 5) is 16.2. The molecule has 8 nitrogen and oxygen atoms in total. The van der Waals surface area contributed by atoms with Crippen molar-refractivity contribution in [3.63, 3.8) is 0 Å². The molecule has 4 rings (SSSR count). The molecule has 146 valence electrons. The largest absolute Gasteiger partial charge is 0.476 e. The molecule has 0 radical (unpaired) electrons. The SMILES string of the molecule is CCc1sc(NCc2ccc(-c3ccccc3-c3nn[nH]n3)cc2)nc1C(=O)O. The van der Waals surface area contributed by atoms with Crippen LogP contribution in [0.5, 0.6) is 0 Å². The summed E-state index contributed by atoms with van der Waals surface area (Å²) in [5.41, 5.74) is 4.17. The summed E-state index contributed by atoms with van der Waals surface area (Å²) < 4.78 is 0. The Kier molecular flexibility index (Phi) is 5.30. The summed E-state index contributed by atoms with van der Waals surface area (Å²) in [6.07, 6.45) is 0.648. The van der Waals surface area contributed by atoms with Gasteiger partial charge in [0.15, 0.2) is 10.8 Å². The van der Waals surface area contributed by atoms with Crippen molar-refractivity contribution in [3.05, 3.63) is 64.7 Å². The highest BCUT2D eigenvalue weighted by atomic mass is 32.1. The Morgan fingerprint density at radius 1 is 1.14 bits per heavy atom. The number of rotatable bonds is 7. The van der Waals surface area contributed by atoms with Crippen molar-refractivity contribution in [1.82, 2.24) is 25.6 Å². The molecule has 2 aromatic heterocycles. The number of anilines is 1. The Bertz CT molecular complexity index is 1120. The number of carboxylic acid groups (broad SMARTS) is 1.